The fraction of sp³-hybridized carbons (Fsp3) is 0.556. The first-order chi connectivity index (χ1) is 11.1. The molecule has 0 heterocycles. The van der Waals surface area contributed by atoms with Crippen LogP contribution in [0.25, 0.3) is 0 Å². The molecule has 2 fully saturated rings. The van der Waals surface area contributed by atoms with Crippen molar-refractivity contribution in [3.05, 3.63) is 29.8 Å². The van der Waals surface area contributed by atoms with E-state index in [1.807, 2.05) is 24.3 Å². The highest BCUT2D eigenvalue weighted by Gasteiger charge is 2.56. The van der Waals surface area contributed by atoms with Gasteiger partial charge in [-0.1, -0.05) is 18.6 Å². The Balaban J connectivity index is 1.49. The molecular formula is C18H23NO4. The van der Waals surface area contributed by atoms with Crippen molar-refractivity contribution >= 4 is 11.9 Å². The molecule has 2 aliphatic carbocycles. The second kappa shape index (κ2) is 6.60. The Morgan fingerprint density at radius 2 is 1.78 bits per heavy atom. The molecule has 2 saturated carbocycles. The molecule has 5 nitrogen and oxygen atoms in total. The van der Waals surface area contributed by atoms with Crippen molar-refractivity contribution in [1.29, 1.82) is 0 Å². The van der Waals surface area contributed by atoms with Crippen molar-refractivity contribution < 1.29 is 19.4 Å². The molecule has 0 saturated heterocycles. The molecule has 1 aromatic rings. The summed E-state index contributed by atoms with van der Waals surface area (Å²) in [5.41, 5.74) is -0.236. The van der Waals surface area contributed by atoms with Gasteiger partial charge in [0.05, 0.1) is 6.10 Å². The van der Waals surface area contributed by atoms with Gasteiger partial charge in [-0.2, -0.15) is 0 Å². The summed E-state index contributed by atoms with van der Waals surface area (Å²) in [7, 11) is 0. The van der Waals surface area contributed by atoms with Crippen LogP contribution < -0.4 is 10.1 Å². The second-order valence-electron chi connectivity index (χ2n) is 6.59. The van der Waals surface area contributed by atoms with Gasteiger partial charge in [0.2, 0.25) is 5.91 Å². The highest BCUT2D eigenvalue weighted by molar-refractivity contribution is 6.04. The van der Waals surface area contributed by atoms with Crippen LogP contribution in [0.3, 0.4) is 0 Å². The molecule has 0 atom stereocenters. The number of nitrogens with one attached hydrogen (secondary N) is 1. The van der Waals surface area contributed by atoms with Gasteiger partial charge < -0.3 is 15.2 Å². The van der Waals surface area contributed by atoms with Crippen LogP contribution in [0.15, 0.2) is 24.3 Å². The Kier molecular flexibility index (Phi) is 4.55. The van der Waals surface area contributed by atoms with Gasteiger partial charge in [0, 0.05) is 6.54 Å². The number of benzene rings is 1. The normalized spacial score (nSPS) is 19.8. The molecule has 2 aliphatic rings. The largest absolute Gasteiger partial charge is 0.490 e. The van der Waals surface area contributed by atoms with Crippen molar-refractivity contribution in [1.82, 2.24) is 5.32 Å². The van der Waals surface area contributed by atoms with Gasteiger partial charge in [0.25, 0.3) is 0 Å². The Labute approximate surface area is 136 Å². The molecule has 5 heteroatoms. The van der Waals surface area contributed by atoms with Crippen LogP contribution in [-0.2, 0) is 16.1 Å². The predicted molar refractivity (Wildman–Crippen MR) is 85.1 cm³/mol. The molecule has 0 bridgehead atoms. The number of carboxylic acid groups (broad SMARTS) is 1. The van der Waals surface area contributed by atoms with Crippen molar-refractivity contribution in [3.8, 4) is 5.75 Å². The maximum Gasteiger partial charge on any atom is 0.319 e. The zero-order valence-corrected chi connectivity index (χ0v) is 13.2. The third-order valence-corrected chi connectivity index (χ3v) is 4.83. The van der Waals surface area contributed by atoms with E-state index in [1.165, 1.54) is 19.3 Å². The molecule has 1 aromatic carbocycles. The lowest BCUT2D eigenvalue weighted by molar-refractivity contribution is -0.149. The van der Waals surface area contributed by atoms with E-state index in [0.717, 1.165) is 24.2 Å². The van der Waals surface area contributed by atoms with Gasteiger partial charge in [-0.05, 0) is 56.2 Å². The number of amides is 1. The monoisotopic (exact) mass is 317 g/mol. The number of ether oxygens (including phenoxy) is 1. The molecule has 2 N–H and O–H groups in total. The van der Waals surface area contributed by atoms with E-state index in [-0.39, 0.29) is 5.91 Å². The van der Waals surface area contributed by atoms with Crippen LogP contribution in [0.1, 0.15) is 50.5 Å². The fourth-order valence-electron chi connectivity index (χ4n) is 3.08. The predicted octanol–water partition coefficient (Wildman–Crippen LogP) is 2.88. The molecule has 0 unspecified atom stereocenters. The van der Waals surface area contributed by atoms with Gasteiger partial charge in [-0.3, -0.25) is 9.59 Å². The lowest BCUT2D eigenvalue weighted by atomic mass is 9.98. The smallest absolute Gasteiger partial charge is 0.319 e. The molecule has 0 radical (unpaired) electrons. The summed E-state index contributed by atoms with van der Waals surface area (Å²) in [6.07, 6.45) is 7.20. The standard InChI is InChI=1S/C18H23NO4/c20-16(18(10-11-18)17(21)22)19-12-13-6-8-15(9-7-13)23-14-4-2-1-3-5-14/h6-9,14H,1-5,10-12H2,(H,19,20)(H,21,22). The quantitative estimate of drug-likeness (QED) is 0.791. The summed E-state index contributed by atoms with van der Waals surface area (Å²) < 4.78 is 5.97. The van der Waals surface area contributed by atoms with Crippen LogP contribution in [0.5, 0.6) is 5.75 Å². The maximum atomic E-state index is 12.0. The summed E-state index contributed by atoms with van der Waals surface area (Å²) in [5.74, 6) is -0.546. The van der Waals surface area contributed by atoms with E-state index < -0.39 is 11.4 Å². The van der Waals surface area contributed by atoms with E-state index in [4.69, 9.17) is 9.84 Å². The van der Waals surface area contributed by atoms with Crippen LogP contribution in [0, 0.1) is 5.41 Å². The average Bonchev–Trinajstić information content (AvgIpc) is 3.37. The van der Waals surface area contributed by atoms with Gasteiger partial charge in [-0.15, -0.1) is 0 Å². The van der Waals surface area contributed by atoms with E-state index in [0.29, 0.717) is 25.5 Å². The lowest BCUT2D eigenvalue weighted by Crippen LogP contribution is -2.36. The number of aliphatic carboxylic acids is 1. The minimum atomic E-state index is -1.18. The SMILES string of the molecule is O=C(O)C1(C(=O)NCc2ccc(OC3CCCCC3)cc2)CC1. The number of rotatable bonds is 6. The highest BCUT2D eigenvalue weighted by Crippen LogP contribution is 2.46. The Morgan fingerprint density at radius 1 is 1.13 bits per heavy atom. The molecule has 0 spiro atoms. The first-order valence-electron chi connectivity index (χ1n) is 8.37. The van der Waals surface area contributed by atoms with Crippen molar-refractivity contribution in [2.75, 3.05) is 0 Å². The highest BCUT2D eigenvalue weighted by atomic mass is 16.5. The van der Waals surface area contributed by atoms with Crippen LogP contribution in [-0.4, -0.2) is 23.1 Å². The average molecular weight is 317 g/mol. The van der Waals surface area contributed by atoms with Crippen molar-refractivity contribution in [2.45, 2.75) is 57.6 Å². The molecular weight excluding hydrogens is 294 g/mol. The van der Waals surface area contributed by atoms with E-state index in [9.17, 15) is 9.59 Å². The number of carboxylic acids is 1. The third-order valence-electron chi connectivity index (χ3n) is 4.83. The number of carbonyl (C=O) groups is 2. The van der Waals surface area contributed by atoms with E-state index >= 15 is 0 Å². The molecule has 0 aromatic heterocycles. The molecule has 23 heavy (non-hydrogen) atoms. The Bertz CT molecular complexity index is 571. The van der Waals surface area contributed by atoms with E-state index in [2.05, 4.69) is 5.32 Å². The van der Waals surface area contributed by atoms with Gasteiger partial charge in [0.1, 0.15) is 11.2 Å². The van der Waals surface area contributed by atoms with Crippen LogP contribution in [0.2, 0.25) is 0 Å². The summed E-state index contributed by atoms with van der Waals surface area (Å²) in [6, 6.07) is 7.66. The zero-order chi connectivity index (χ0) is 16.3. The van der Waals surface area contributed by atoms with Crippen molar-refractivity contribution in [2.24, 2.45) is 5.41 Å². The maximum absolute atomic E-state index is 12.0. The van der Waals surface area contributed by atoms with Gasteiger partial charge >= 0.3 is 5.97 Å². The minimum Gasteiger partial charge on any atom is -0.490 e. The minimum absolute atomic E-state index is 0.319. The second-order valence-corrected chi connectivity index (χ2v) is 6.59. The van der Waals surface area contributed by atoms with E-state index in [1.54, 1.807) is 0 Å². The first kappa shape index (κ1) is 15.8. The summed E-state index contributed by atoms with van der Waals surface area (Å²) >= 11 is 0. The fourth-order valence-corrected chi connectivity index (χ4v) is 3.08. The van der Waals surface area contributed by atoms with Gasteiger partial charge in [-0.25, -0.2) is 0 Å². The molecule has 124 valence electrons. The topological polar surface area (TPSA) is 75.6 Å². The number of carbonyl (C=O) groups excluding carboxylic acids is 1. The number of hydrogen-bond donors (Lipinski definition) is 2. The first-order valence-corrected chi connectivity index (χ1v) is 8.37. The summed E-state index contributed by atoms with van der Waals surface area (Å²) in [5, 5.41) is 11.8. The molecule has 0 aliphatic heterocycles. The zero-order valence-electron chi connectivity index (χ0n) is 13.2. The molecule has 1 amide bonds. The summed E-state index contributed by atoms with van der Waals surface area (Å²) in [4.78, 5) is 23.0. The van der Waals surface area contributed by atoms with Crippen LogP contribution in [0.4, 0.5) is 0 Å². The van der Waals surface area contributed by atoms with Gasteiger partial charge in [0.15, 0.2) is 0 Å². The van der Waals surface area contributed by atoms with Crippen molar-refractivity contribution in [3.63, 3.8) is 0 Å². The van der Waals surface area contributed by atoms with Crippen LogP contribution >= 0.6 is 0 Å². The summed E-state index contributed by atoms with van der Waals surface area (Å²) in [6.45, 7) is 0.345. The lowest BCUT2D eigenvalue weighted by Gasteiger charge is -2.23. The Morgan fingerprint density at radius 3 is 2.35 bits per heavy atom. The Hall–Kier alpha value is -2.04. The molecule has 3 rings (SSSR count). The number of hydrogen-bond acceptors (Lipinski definition) is 3. The third kappa shape index (κ3) is 3.66.